The SMILES string of the molecule is C1=CC(c2cccs2)(c2cccs2)SC1. The van der Waals surface area contributed by atoms with Gasteiger partial charge in [-0.1, -0.05) is 24.3 Å². The van der Waals surface area contributed by atoms with Crippen molar-refractivity contribution in [1.82, 2.24) is 0 Å². The van der Waals surface area contributed by atoms with Crippen LogP contribution in [0, 0.1) is 0 Å². The summed E-state index contributed by atoms with van der Waals surface area (Å²) in [4.78, 5) is 2.90. The van der Waals surface area contributed by atoms with Crippen LogP contribution in [-0.2, 0) is 4.75 Å². The molecule has 0 aliphatic carbocycles. The molecule has 0 atom stereocenters. The minimum Gasteiger partial charge on any atom is -0.147 e. The van der Waals surface area contributed by atoms with Crippen LogP contribution in [0.2, 0.25) is 0 Å². The summed E-state index contributed by atoms with van der Waals surface area (Å²) in [5, 5.41) is 4.33. The molecule has 0 nitrogen and oxygen atoms in total. The van der Waals surface area contributed by atoms with Gasteiger partial charge in [-0.15, -0.1) is 34.4 Å². The van der Waals surface area contributed by atoms with Crippen molar-refractivity contribution in [3.63, 3.8) is 0 Å². The van der Waals surface area contributed by atoms with Crippen molar-refractivity contribution < 1.29 is 0 Å². The van der Waals surface area contributed by atoms with E-state index in [1.54, 1.807) is 0 Å². The minimum absolute atomic E-state index is 0.113. The van der Waals surface area contributed by atoms with Gasteiger partial charge in [-0.2, -0.15) is 0 Å². The first-order valence-electron chi connectivity index (χ1n) is 4.81. The second-order valence-corrected chi connectivity index (χ2v) is 6.56. The highest BCUT2D eigenvalue weighted by molar-refractivity contribution is 8.01. The molecule has 1 aliphatic heterocycles. The van der Waals surface area contributed by atoms with E-state index in [0.29, 0.717) is 0 Å². The number of rotatable bonds is 2. The summed E-state index contributed by atoms with van der Waals surface area (Å²) in [6.07, 6.45) is 4.64. The number of thiophene rings is 2. The Hall–Kier alpha value is -0.510. The van der Waals surface area contributed by atoms with E-state index in [1.807, 2.05) is 34.4 Å². The van der Waals surface area contributed by atoms with Gasteiger partial charge < -0.3 is 0 Å². The van der Waals surface area contributed by atoms with Gasteiger partial charge in [0.2, 0.25) is 0 Å². The second kappa shape index (κ2) is 3.81. The van der Waals surface area contributed by atoms with Crippen molar-refractivity contribution in [1.29, 1.82) is 0 Å². The number of hydrogen-bond acceptors (Lipinski definition) is 3. The lowest BCUT2D eigenvalue weighted by molar-refractivity contribution is 1.02. The Bertz CT molecular complexity index is 417. The van der Waals surface area contributed by atoms with Gasteiger partial charge in [0, 0.05) is 15.5 Å². The zero-order valence-electron chi connectivity index (χ0n) is 8.05. The first kappa shape index (κ1) is 9.70. The molecule has 3 heterocycles. The molecule has 0 saturated carbocycles. The van der Waals surface area contributed by atoms with Gasteiger partial charge in [0.15, 0.2) is 0 Å². The van der Waals surface area contributed by atoms with Crippen molar-refractivity contribution in [2.75, 3.05) is 5.75 Å². The lowest BCUT2D eigenvalue weighted by atomic mass is 10.0. The Kier molecular flexibility index (Phi) is 2.47. The highest BCUT2D eigenvalue weighted by Crippen LogP contribution is 2.50. The molecule has 2 aromatic heterocycles. The minimum atomic E-state index is 0.113. The molecule has 0 amide bonds. The van der Waals surface area contributed by atoms with Crippen LogP contribution in [0.25, 0.3) is 0 Å². The van der Waals surface area contributed by atoms with Gasteiger partial charge in [-0.25, -0.2) is 0 Å². The van der Waals surface area contributed by atoms with Gasteiger partial charge in [0.1, 0.15) is 4.75 Å². The fraction of sp³-hybridized carbons (Fsp3) is 0.167. The van der Waals surface area contributed by atoms with E-state index >= 15 is 0 Å². The molecule has 0 bridgehead atoms. The molecule has 0 fully saturated rings. The normalized spacial score (nSPS) is 18.4. The standard InChI is InChI=1S/C12H10S3/c1-4-10(13-7-1)12(6-3-9-15-12)11-5-2-8-14-11/h1-8H,9H2. The maximum absolute atomic E-state index is 2.36. The third kappa shape index (κ3) is 1.50. The van der Waals surface area contributed by atoms with E-state index in [2.05, 4.69) is 47.2 Å². The van der Waals surface area contributed by atoms with E-state index in [0.717, 1.165) is 5.75 Å². The number of hydrogen-bond donors (Lipinski definition) is 0. The van der Waals surface area contributed by atoms with Crippen LogP contribution in [0.15, 0.2) is 47.2 Å². The second-order valence-electron chi connectivity index (χ2n) is 3.40. The maximum Gasteiger partial charge on any atom is 0.102 e. The molecular formula is C12H10S3. The summed E-state index contributed by atoms with van der Waals surface area (Å²) in [6.45, 7) is 0. The third-order valence-electron chi connectivity index (χ3n) is 2.53. The van der Waals surface area contributed by atoms with Crippen LogP contribution in [0.3, 0.4) is 0 Å². The zero-order valence-corrected chi connectivity index (χ0v) is 10.5. The fourth-order valence-corrected chi connectivity index (χ4v) is 5.25. The van der Waals surface area contributed by atoms with Crippen molar-refractivity contribution in [3.8, 4) is 0 Å². The van der Waals surface area contributed by atoms with E-state index in [9.17, 15) is 0 Å². The zero-order chi connectivity index (χ0) is 10.1. The quantitative estimate of drug-likeness (QED) is 0.714. The predicted molar refractivity (Wildman–Crippen MR) is 71.0 cm³/mol. The molecule has 0 aromatic carbocycles. The van der Waals surface area contributed by atoms with E-state index < -0.39 is 0 Å². The Morgan fingerprint density at radius 1 is 1.00 bits per heavy atom. The first-order chi connectivity index (χ1) is 7.42. The molecule has 1 aliphatic rings. The molecule has 0 unspecified atom stereocenters. The van der Waals surface area contributed by atoms with Gasteiger partial charge in [-0.05, 0) is 22.9 Å². The van der Waals surface area contributed by atoms with E-state index in [1.165, 1.54) is 9.75 Å². The lowest BCUT2D eigenvalue weighted by Crippen LogP contribution is -2.15. The van der Waals surface area contributed by atoms with Gasteiger partial charge in [0.05, 0.1) is 0 Å². The van der Waals surface area contributed by atoms with Gasteiger partial charge in [-0.3, -0.25) is 0 Å². The summed E-state index contributed by atoms with van der Waals surface area (Å²) in [7, 11) is 0. The van der Waals surface area contributed by atoms with Crippen LogP contribution >= 0.6 is 34.4 Å². The average molecular weight is 250 g/mol. The monoisotopic (exact) mass is 250 g/mol. The van der Waals surface area contributed by atoms with E-state index in [-0.39, 0.29) is 4.75 Å². The van der Waals surface area contributed by atoms with Crippen LogP contribution in [0.5, 0.6) is 0 Å². The molecule has 0 radical (unpaired) electrons. The highest BCUT2D eigenvalue weighted by atomic mass is 32.2. The Labute approximate surface area is 102 Å². The predicted octanol–water partition coefficient (Wildman–Crippen LogP) is 4.36. The van der Waals surface area contributed by atoms with E-state index in [4.69, 9.17) is 0 Å². The Morgan fingerprint density at radius 3 is 2.07 bits per heavy atom. The molecule has 76 valence electrons. The van der Waals surface area contributed by atoms with Crippen molar-refractivity contribution in [2.45, 2.75) is 4.75 Å². The van der Waals surface area contributed by atoms with Crippen molar-refractivity contribution in [3.05, 3.63) is 56.9 Å². The summed E-state index contributed by atoms with van der Waals surface area (Å²) >= 11 is 5.72. The largest absolute Gasteiger partial charge is 0.147 e. The van der Waals surface area contributed by atoms with Crippen molar-refractivity contribution >= 4 is 34.4 Å². The molecule has 0 spiro atoms. The average Bonchev–Trinajstić information content (AvgIpc) is 3.02. The molecule has 2 aromatic rings. The van der Waals surface area contributed by atoms with Crippen LogP contribution < -0.4 is 0 Å². The maximum atomic E-state index is 2.36. The van der Waals surface area contributed by atoms with Gasteiger partial charge >= 0.3 is 0 Å². The fourth-order valence-electron chi connectivity index (χ4n) is 1.85. The molecular weight excluding hydrogens is 240 g/mol. The van der Waals surface area contributed by atoms with Gasteiger partial charge in [0.25, 0.3) is 0 Å². The van der Waals surface area contributed by atoms with Crippen LogP contribution in [0.1, 0.15) is 9.75 Å². The topological polar surface area (TPSA) is 0 Å². The number of thioether (sulfide) groups is 1. The Morgan fingerprint density at radius 2 is 1.67 bits per heavy atom. The molecule has 0 N–H and O–H groups in total. The first-order valence-corrected chi connectivity index (χ1v) is 7.56. The molecule has 0 saturated heterocycles. The molecule has 3 heteroatoms. The summed E-state index contributed by atoms with van der Waals surface area (Å²) in [5.41, 5.74) is 0. The Balaban J connectivity index is 2.15. The molecule has 3 rings (SSSR count). The summed E-state index contributed by atoms with van der Waals surface area (Å²) in [6, 6.07) is 8.77. The smallest absolute Gasteiger partial charge is 0.102 e. The summed E-state index contributed by atoms with van der Waals surface area (Å²) < 4.78 is 0.113. The summed E-state index contributed by atoms with van der Waals surface area (Å²) in [5.74, 6) is 1.12. The van der Waals surface area contributed by atoms with Crippen LogP contribution in [0.4, 0.5) is 0 Å². The van der Waals surface area contributed by atoms with Crippen molar-refractivity contribution in [2.24, 2.45) is 0 Å². The third-order valence-corrected chi connectivity index (χ3v) is 6.19. The lowest BCUT2D eigenvalue weighted by Gasteiger charge is -2.24. The molecule has 15 heavy (non-hydrogen) atoms. The van der Waals surface area contributed by atoms with Crippen LogP contribution in [-0.4, -0.2) is 5.75 Å². The highest BCUT2D eigenvalue weighted by Gasteiger charge is 2.36.